The lowest BCUT2D eigenvalue weighted by Gasteiger charge is -2.23. The maximum Gasteiger partial charge on any atom is 0.147 e. The smallest absolute Gasteiger partial charge is 0.147 e. The number of hydrogen-bond acceptors (Lipinski definition) is 2. The van der Waals surface area contributed by atoms with E-state index < -0.39 is 0 Å². The quantitative estimate of drug-likeness (QED) is 0.168. The van der Waals surface area contributed by atoms with Crippen LogP contribution in [-0.4, -0.2) is 0 Å². The minimum Gasteiger partial charge on any atom is -0.456 e. The van der Waals surface area contributed by atoms with Gasteiger partial charge in [0, 0.05) is 21.6 Å². The van der Waals surface area contributed by atoms with Gasteiger partial charge in [-0.15, -0.1) is 0 Å². The highest BCUT2D eigenvalue weighted by Gasteiger charge is 2.35. The Morgan fingerprint density at radius 2 is 0.949 bits per heavy atom. The average molecular weight is 753 g/mol. The third-order valence-electron chi connectivity index (χ3n) is 13.2. The molecule has 2 heterocycles. The lowest BCUT2D eigenvalue weighted by molar-refractivity contribution is 0.660. The lowest BCUT2D eigenvalue weighted by atomic mass is 9.80. The summed E-state index contributed by atoms with van der Waals surface area (Å²) in [7, 11) is 0. The first-order valence-electron chi connectivity index (χ1n) is 20.5. The Morgan fingerprint density at radius 1 is 0.339 bits per heavy atom. The summed E-state index contributed by atoms with van der Waals surface area (Å²) >= 11 is 0. The number of fused-ring (bicyclic) bond motifs is 13. The van der Waals surface area contributed by atoms with Gasteiger partial charge in [-0.2, -0.15) is 0 Å². The molecule has 12 aromatic rings. The van der Waals surface area contributed by atoms with Gasteiger partial charge in [0.15, 0.2) is 0 Å². The highest BCUT2D eigenvalue weighted by molar-refractivity contribution is 6.24. The van der Waals surface area contributed by atoms with Crippen LogP contribution in [0.1, 0.15) is 25.0 Å². The Balaban J connectivity index is 0.918. The van der Waals surface area contributed by atoms with Crippen molar-refractivity contribution < 1.29 is 8.83 Å². The Morgan fingerprint density at radius 3 is 1.71 bits per heavy atom. The first kappa shape index (κ1) is 32.6. The molecule has 276 valence electrons. The predicted molar refractivity (Wildman–Crippen MR) is 247 cm³/mol. The molecular weight excluding hydrogens is 717 g/mol. The molecule has 2 heteroatoms. The average Bonchev–Trinajstić information content (AvgIpc) is 3.91. The van der Waals surface area contributed by atoms with Gasteiger partial charge >= 0.3 is 0 Å². The van der Waals surface area contributed by atoms with E-state index in [4.69, 9.17) is 8.83 Å². The van der Waals surface area contributed by atoms with Crippen molar-refractivity contribution in [3.8, 4) is 44.5 Å². The highest BCUT2D eigenvalue weighted by atomic mass is 16.3. The summed E-state index contributed by atoms with van der Waals surface area (Å²) in [6.45, 7) is 4.73. The largest absolute Gasteiger partial charge is 0.456 e. The highest BCUT2D eigenvalue weighted by Crippen LogP contribution is 2.51. The van der Waals surface area contributed by atoms with Crippen LogP contribution in [0.15, 0.2) is 191 Å². The van der Waals surface area contributed by atoms with Crippen LogP contribution in [0.2, 0.25) is 0 Å². The van der Waals surface area contributed by atoms with Gasteiger partial charge in [0.25, 0.3) is 0 Å². The van der Waals surface area contributed by atoms with E-state index in [1.165, 1.54) is 82.6 Å². The molecule has 1 aliphatic rings. The van der Waals surface area contributed by atoms with Crippen LogP contribution in [-0.2, 0) is 5.41 Å². The number of para-hydroxylation sites is 1. The number of hydrogen-bond donors (Lipinski definition) is 0. The van der Waals surface area contributed by atoms with Crippen LogP contribution in [0, 0.1) is 0 Å². The molecular formula is C57H36O2. The maximum absolute atomic E-state index is 6.64. The van der Waals surface area contributed by atoms with Crippen molar-refractivity contribution in [2.24, 2.45) is 0 Å². The second-order valence-corrected chi connectivity index (χ2v) is 16.8. The first-order chi connectivity index (χ1) is 29.0. The zero-order chi connectivity index (χ0) is 39.0. The molecule has 0 bridgehead atoms. The molecule has 0 unspecified atom stereocenters. The zero-order valence-electron chi connectivity index (χ0n) is 32.6. The molecule has 0 saturated carbocycles. The Bertz CT molecular complexity index is 3690. The lowest BCUT2D eigenvalue weighted by Crippen LogP contribution is -2.14. The maximum atomic E-state index is 6.64. The molecule has 0 amide bonds. The van der Waals surface area contributed by atoms with Crippen LogP contribution < -0.4 is 0 Å². The van der Waals surface area contributed by atoms with Crippen molar-refractivity contribution in [3.05, 3.63) is 193 Å². The molecule has 2 nitrogen and oxygen atoms in total. The summed E-state index contributed by atoms with van der Waals surface area (Å²) in [5.74, 6) is 0. The summed E-state index contributed by atoms with van der Waals surface area (Å²) in [6, 6.07) is 66.7. The molecule has 0 fully saturated rings. The number of furan rings is 2. The fraction of sp³-hybridized carbons (Fsp3) is 0.0526. The summed E-state index contributed by atoms with van der Waals surface area (Å²) in [4.78, 5) is 0. The Labute approximate surface area is 340 Å². The zero-order valence-corrected chi connectivity index (χ0v) is 32.6. The van der Waals surface area contributed by atoms with E-state index in [0.717, 1.165) is 49.3 Å². The third kappa shape index (κ3) is 4.57. The molecule has 0 saturated heterocycles. The topological polar surface area (TPSA) is 26.3 Å². The van der Waals surface area contributed by atoms with E-state index in [0.29, 0.717) is 0 Å². The molecule has 0 atom stereocenters. The van der Waals surface area contributed by atoms with E-state index in [1.54, 1.807) is 0 Å². The summed E-state index contributed by atoms with van der Waals surface area (Å²) in [5.41, 5.74) is 16.3. The fourth-order valence-electron chi connectivity index (χ4n) is 10.4. The van der Waals surface area contributed by atoms with Gasteiger partial charge in [0.2, 0.25) is 0 Å². The summed E-state index contributed by atoms with van der Waals surface area (Å²) < 4.78 is 12.8. The predicted octanol–water partition coefficient (Wildman–Crippen LogP) is 16.3. The molecule has 13 rings (SSSR count). The number of rotatable bonds is 3. The molecule has 10 aromatic carbocycles. The standard InChI is InChI=1S/C57H36O2/c1-57(2)48-17-9-7-11-39(48)40-26-25-37(31-49(40)57)54-43-14-5-3-12-41(43)53(42-13-4-6-15-44(42)54)34-21-19-33(20-22-34)35-23-24-36-30-47-45-27-28-51-55(46-16-8-10-18-50(46)58-51)56(45)59-52(47)32-38(36)29-35/h3-32H,1-2H3. The molecule has 0 spiro atoms. The molecule has 0 N–H and O–H groups in total. The normalized spacial score (nSPS) is 13.4. The van der Waals surface area contributed by atoms with Crippen LogP contribution in [0.25, 0.3) is 121 Å². The molecule has 2 aromatic heterocycles. The number of benzene rings is 10. The molecule has 59 heavy (non-hydrogen) atoms. The van der Waals surface area contributed by atoms with Gasteiger partial charge < -0.3 is 8.83 Å². The second kappa shape index (κ2) is 11.8. The summed E-state index contributed by atoms with van der Waals surface area (Å²) in [6.07, 6.45) is 0. The molecule has 0 radical (unpaired) electrons. The third-order valence-corrected chi connectivity index (χ3v) is 13.2. The minimum absolute atomic E-state index is 0.0662. The van der Waals surface area contributed by atoms with Gasteiger partial charge in [-0.1, -0.05) is 153 Å². The van der Waals surface area contributed by atoms with Crippen molar-refractivity contribution in [1.82, 2.24) is 0 Å². The molecule has 1 aliphatic carbocycles. The van der Waals surface area contributed by atoms with Crippen molar-refractivity contribution in [2.75, 3.05) is 0 Å². The van der Waals surface area contributed by atoms with Crippen LogP contribution in [0.3, 0.4) is 0 Å². The first-order valence-corrected chi connectivity index (χ1v) is 20.5. The van der Waals surface area contributed by atoms with E-state index in [2.05, 4.69) is 184 Å². The Hall–Kier alpha value is -7.42. The van der Waals surface area contributed by atoms with Gasteiger partial charge in [-0.25, -0.2) is 0 Å². The van der Waals surface area contributed by atoms with Crippen molar-refractivity contribution in [3.63, 3.8) is 0 Å². The van der Waals surface area contributed by atoms with Crippen LogP contribution in [0.5, 0.6) is 0 Å². The van der Waals surface area contributed by atoms with Gasteiger partial charge in [-0.3, -0.25) is 0 Å². The van der Waals surface area contributed by atoms with Crippen molar-refractivity contribution >= 4 is 76.2 Å². The van der Waals surface area contributed by atoms with E-state index >= 15 is 0 Å². The van der Waals surface area contributed by atoms with Crippen LogP contribution >= 0.6 is 0 Å². The SMILES string of the molecule is CC1(C)c2ccccc2-c2ccc(-c3c4ccccc4c(-c4ccc(-c5ccc6cc7c(cc6c5)oc5c7ccc6oc7ccccc7c65)cc4)c4ccccc34)cc21. The molecule has 0 aliphatic heterocycles. The summed E-state index contributed by atoms with van der Waals surface area (Å²) in [5, 5.41) is 11.7. The Kier molecular flexibility index (Phi) is 6.54. The van der Waals surface area contributed by atoms with E-state index in [9.17, 15) is 0 Å². The van der Waals surface area contributed by atoms with Gasteiger partial charge in [-0.05, 0) is 130 Å². The van der Waals surface area contributed by atoms with E-state index in [1.807, 2.05) is 12.1 Å². The minimum atomic E-state index is -0.0662. The monoisotopic (exact) mass is 752 g/mol. The van der Waals surface area contributed by atoms with Gasteiger partial charge in [0.1, 0.15) is 22.3 Å². The van der Waals surface area contributed by atoms with E-state index in [-0.39, 0.29) is 5.41 Å². The van der Waals surface area contributed by atoms with Crippen molar-refractivity contribution in [1.29, 1.82) is 0 Å². The van der Waals surface area contributed by atoms with Crippen LogP contribution in [0.4, 0.5) is 0 Å². The van der Waals surface area contributed by atoms with Gasteiger partial charge in [0.05, 0.1) is 5.39 Å². The van der Waals surface area contributed by atoms with Crippen molar-refractivity contribution in [2.45, 2.75) is 19.3 Å². The second-order valence-electron chi connectivity index (χ2n) is 16.8. The fourth-order valence-corrected chi connectivity index (χ4v) is 10.4.